The van der Waals surface area contributed by atoms with Crippen LogP contribution in [0.25, 0.3) is 126 Å². The van der Waals surface area contributed by atoms with Gasteiger partial charge in [0, 0.05) is 54.5 Å². The van der Waals surface area contributed by atoms with Crippen LogP contribution in [0.15, 0.2) is 194 Å². The third kappa shape index (κ3) is 4.85. The third-order valence-electron chi connectivity index (χ3n) is 14.0. The summed E-state index contributed by atoms with van der Waals surface area (Å²) in [5.41, 5.74) is 14.9. The molecule has 0 bridgehead atoms. The van der Waals surface area contributed by atoms with E-state index >= 15 is 0 Å². The van der Waals surface area contributed by atoms with E-state index < -0.39 is 0 Å². The first kappa shape index (κ1) is 34.8. The van der Waals surface area contributed by atoms with E-state index in [4.69, 9.17) is 0 Å². The average Bonchev–Trinajstić information content (AvgIpc) is 4.03. The number of aromatic nitrogens is 3. The standard InChI is InChI=1S/C60H41N3/c1-60(2,3)42-24-20-36(21-25-42)41-32-51-49-30-37-22-26-43(61-53-16-8-4-12-45(53)46-13-5-9-17-54(46)61)28-39(37)34-57(49)63-58-35-40-29-44(27-23-38(40)31-50(58)52(33-41)59(51)63)62-55-18-10-6-14-47(55)48-15-7-11-19-56(48)62/h4-35H,1-3H3. The Morgan fingerprint density at radius 3 is 1.13 bits per heavy atom. The summed E-state index contributed by atoms with van der Waals surface area (Å²) in [6, 6.07) is 72.9. The van der Waals surface area contributed by atoms with Gasteiger partial charge in [-0.05, 0) is 129 Å². The van der Waals surface area contributed by atoms with E-state index in [1.165, 1.54) is 131 Å². The average molecular weight is 804 g/mol. The molecule has 0 spiro atoms. The van der Waals surface area contributed by atoms with Gasteiger partial charge in [-0.2, -0.15) is 0 Å². The second-order valence-corrected chi connectivity index (χ2v) is 18.6. The lowest BCUT2D eigenvalue weighted by molar-refractivity contribution is 0.590. The van der Waals surface area contributed by atoms with E-state index in [0.29, 0.717) is 0 Å². The first-order chi connectivity index (χ1) is 30.9. The maximum Gasteiger partial charge on any atom is 0.0620 e. The number of benzene rings is 10. The molecule has 0 saturated heterocycles. The Morgan fingerprint density at radius 1 is 0.302 bits per heavy atom. The molecule has 4 aromatic heterocycles. The van der Waals surface area contributed by atoms with E-state index in [1.54, 1.807) is 0 Å². The van der Waals surface area contributed by atoms with Crippen molar-refractivity contribution in [1.29, 1.82) is 0 Å². The molecule has 0 fully saturated rings. The van der Waals surface area contributed by atoms with E-state index in [2.05, 4.69) is 228 Å². The van der Waals surface area contributed by atoms with Crippen molar-refractivity contribution in [2.24, 2.45) is 0 Å². The van der Waals surface area contributed by atoms with Gasteiger partial charge < -0.3 is 13.5 Å². The Hall–Kier alpha value is -7.88. The van der Waals surface area contributed by atoms with Crippen molar-refractivity contribution in [3.8, 4) is 22.5 Å². The topological polar surface area (TPSA) is 14.3 Å². The molecule has 14 aromatic rings. The Labute approximate surface area is 363 Å². The maximum absolute atomic E-state index is 2.56. The molecule has 0 aliphatic rings. The Balaban J connectivity index is 1.05. The summed E-state index contributed by atoms with van der Waals surface area (Å²) in [7, 11) is 0. The highest BCUT2D eigenvalue weighted by molar-refractivity contribution is 6.27. The van der Waals surface area contributed by atoms with Crippen molar-refractivity contribution in [2.75, 3.05) is 0 Å². The van der Waals surface area contributed by atoms with Gasteiger partial charge in [0.15, 0.2) is 0 Å². The molecule has 63 heavy (non-hydrogen) atoms. The molecule has 0 aliphatic carbocycles. The highest BCUT2D eigenvalue weighted by Gasteiger charge is 2.22. The summed E-state index contributed by atoms with van der Waals surface area (Å²) in [6.45, 7) is 6.85. The molecule has 0 radical (unpaired) electrons. The summed E-state index contributed by atoms with van der Waals surface area (Å²) in [5.74, 6) is 0. The van der Waals surface area contributed by atoms with Crippen LogP contribution in [0.1, 0.15) is 26.3 Å². The summed E-state index contributed by atoms with van der Waals surface area (Å²) in [4.78, 5) is 0. The highest BCUT2D eigenvalue weighted by Crippen LogP contribution is 2.45. The predicted molar refractivity (Wildman–Crippen MR) is 269 cm³/mol. The number of rotatable bonds is 3. The minimum Gasteiger partial charge on any atom is -0.309 e. The SMILES string of the molecule is CC(C)(C)c1ccc(-c2cc3c4cc5ccc(-n6c7ccccc7c7ccccc76)cc5cc4n4c5cc6cc(-n7c8ccccc8c8ccccc87)ccc6cc5c(c2)c34)cc1. The van der Waals surface area contributed by atoms with E-state index in [0.717, 1.165) is 0 Å². The summed E-state index contributed by atoms with van der Waals surface area (Å²) >= 11 is 0. The number of hydrogen-bond donors (Lipinski definition) is 0. The van der Waals surface area contributed by atoms with Gasteiger partial charge in [0.1, 0.15) is 0 Å². The lowest BCUT2D eigenvalue weighted by Crippen LogP contribution is -2.10. The van der Waals surface area contributed by atoms with Crippen molar-refractivity contribution >= 4 is 103 Å². The van der Waals surface area contributed by atoms with Crippen LogP contribution in [0.3, 0.4) is 0 Å². The van der Waals surface area contributed by atoms with Crippen LogP contribution in [0.4, 0.5) is 0 Å². The quantitative estimate of drug-likeness (QED) is 0.169. The summed E-state index contributed by atoms with van der Waals surface area (Å²) in [5, 5.41) is 15.2. The second kappa shape index (κ2) is 12.4. The molecule has 3 nitrogen and oxygen atoms in total. The molecule has 10 aromatic carbocycles. The summed E-state index contributed by atoms with van der Waals surface area (Å²) in [6.07, 6.45) is 0. The third-order valence-corrected chi connectivity index (χ3v) is 14.0. The molecule has 3 heteroatoms. The molecule has 0 unspecified atom stereocenters. The molecule has 0 atom stereocenters. The molecule has 0 N–H and O–H groups in total. The van der Waals surface area contributed by atoms with Gasteiger partial charge >= 0.3 is 0 Å². The van der Waals surface area contributed by atoms with Crippen molar-refractivity contribution in [3.05, 3.63) is 200 Å². The molecule has 0 saturated carbocycles. The maximum atomic E-state index is 2.56. The predicted octanol–water partition coefficient (Wildman–Crippen LogP) is 16.3. The monoisotopic (exact) mass is 803 g/mol. The van der Waals surface area contributed by atoms with Crippen LogP contribution in [-0.4, -0.2) is 13.5 Å². The molecular formula is C60H41N3. The zero-order valence-corrected chi connectivity index (χ0v) is 35.3. The van der Waals surface area contributed by atoms with Gasteiger partial charge in [-0.1, -0.05) is 130 Å². The van der Waals surface area contributed by atoms with Crippen LogP contribution in [0.2, 0.25) is 0 Å². The lowest BCUT2D eigenvalue weighted by Gasteiger charge is -2.19. The molecule has 0 amide bonds. The fourth-order valence-corrected chi connectivity index (χ4v) is 11.0. The largest absolute Gasteiger partial charge is 0.309 e. The van der Waals surface area contributed by atoms with Gasteiger partial charge in [-0.3, -0.25) is 0 Å². The minimum absolute atomic E-state index is 0.0911. The highest BCUT2D eigenvalue weighted by atomic mass is 15.0. The first-order valence-corrected chi connectivity index (χ1v) is 22.1. The van der Waals surface area contributed by atoms with Crippen LogP contribution in [0.5, 0.6) is 0 Å². The number of hydrogen-bond acceptors (Lipinski definition) is 0. The van der Waals surface area contributed by atoms with Gasteiger partial charge in [0.05, 0.1) is 38.6 Å². The van der Waals surface area contributed by atoms with Crippen LogP contribution >= 0.6 is 0 Å². The van der Waals surface area contributed by atoms with E-state index in [9.17, 15) is 0 Å². The fraction of sp³-hybridized carbons (Fsp3) is 0.0667. The van der Waals surface area contributed by atoms with Crippen LogP contribution in [-0.2, 0) is 5.41 Å². The molecule has 296 valence electrons. The van der Waals surface area contributed by atoms with E-state index in [-0.39, 0.29) is 5.41 Å². The fourth-order valence-electron chi connectivity index (χ4n) is 11.0. The molecular weight excluding hydrogens is 763 g/mol. The Bertz CT molecular complexity index is 3880. The number of para-hydroxylation sites is 4. The normalized spacial score (nSPS) is 12.7. The smallest absolute Gasteiger partial charge is 0.0620 e. The number of fused-ring (bicyclic) bond motifs is 14. The number of nitrogens with zero attached hydrogens (tertiary/aromatic N) is 3. The van der Waals surface area contributed by atoms with Crippen LogP contribution < -0.4 is 0 Å². The second-order valence-electron chi connectivity index (χ2n) is 18.6. The summed E-state index contributed by atoms with van der Waals surface area (Å²) < 4.78 is 7.40. The Morgan fingerprint density at radius 2 is 0.714 bits per heavy atom. The van der Waals surface area contributed by atoms with Crippen LogP contribution in [0, 0.1) is 0 Å². The zero-order chi connectivity index (χ0) is 41.7. The zero-order valence-electron chi connectivity index (χ0n) is 35.3. The lowest BCUT2D eigenvalue weighted by atomic mass is 9.86. The molecule has 0 aliphatic heterocycles. The first-order valence-electron chi connectivity index (χ1n) is 22.1. The molecule has 4 heterocycles. The van der Waals surface area contributed by atoms with Gasteiger partial charge in [0.2, 0.25) is 0 Å². The minimum atomic E-state index is 0.0911. The van der Waals surface area contributed by atoms with Gasteiger partial charge in [0.25, 0.3) is 0 Å². The molecule has 14 rings (SSSR count). The van der Waals surface area contributed by atoms with Crippen molar-refractivity contribution < 1.29 is 0 Å². The van der Waals surface area contributed by atoms with E-state index in [1.807, 2.05) is 0 Å². The van der Waals surface area contributed by atoms with Gasteiger partial charge in [-0.25, -0.2) is 0 Å². The van der Waals surface area contributed by atoms with Gasteiger partial charge in [-0.15, -0.1) is 0 Å². The van der Waals surface area contributed by atoms with Crippen molar-refractivity contribution in [3.63, 3.8) is 0 Å². The Kier molecular flexibility index (Phi) is 6.83. The van der Waals surface area contributed by atoms with Crippen molar-refractivity contribution in [2.45, 2.75) is 26.2 Å². The van der Waals surface area contributed by atoms with Crippen molar-refractivity contribution in [1.82, 2.24) is 13.5 Å².